The molecule has 118 valence electrons. The summed E-state index contributed by atoms with van der Waals surface area (Å²) in [5.41, 5.74) is 0.491. The first-order chi connectivity index (χ1) is 10.6. The maximum atomic E-state index is 12.8. The van der Waals surface area contributed by atoms with Crippen molar-refractivity contribution in [2.45, 2.75) is 44.6 Å². The molecule has 0 spiro atoms. The standard InChI is InChI=1S/C16H18Cl2N2O2/c17-13-7-6-12(10-14(13)18)20-15(21)8-9-19(16(20)22)11-4-2-1-3-5-11/h6-7,10-11H,1-5,8-9H2. The number of hydrogen-bond donors (Lipinski definition) is 0. The van der Waals surface area contributed by atoms with Gasteiger partial charge in [0.05, 0.1) is 15.7 Å². The van der Waals surface area contributed by atoms with E-state index in [1.807, 2.05) is 4.90 Å². The van der Waals surface area contributed by atoms with Gasteiger partial charge in [-0.05, 0) is 31.0 Å². The monoisotopic (exact) mass is 340 g/mol. The molecular formula is C16H18Cl2N2O2. The van der Waals surface area contributed by atoms with Crippen LogP contribution in [-0.4, -0.2) is 29.4 Å². The van der Waals surface area contributed by atoms with Crippen LogP contribution in [0.5, 0.6) is 0 Å². The zero-order valence-corrected chi connectivity index (χ0v) is 13.7. The fourth-order valence-electron chi connectivity index (χ4n) is 3.27. The van der Waals surface area contributed by atoms with Gasteiger partial charge in [0.25, 0.3) is 0 Å². The van der Waals surface area contributed by atoms with Gasteiger partial charge in [-0.2, -0.15) is 0 Å². The molecule has 3 rings (SSSR count). The largest absolute Gasteiger partial charge is 0.331 e. The Hall–Kier alpha value is -1.26. The van der Waals surface area contributed by atoms with E-state index < -0.39 is 0 Å². The average Bonchev–Trinajstić information content (AvgIpc) is 2.52. The number of urea groups is 1. The van der Waals surface area contributed by atoms with E-state index >= 15 is 0 Å². The van der Waals surface area contributed by atoms with Crippen molar-refractivity contribution in [2.75, 3.05) is 11.4 Å². The van der Waals surface area contributed by atoms with E-state index in [0.717, 1.165) is 25.7 Å². The Morgan fingerprint density at radius 1 is 1.00 bits per heavy atom. The van der Waals surface area contributed by atoms with E-state index in [1.54, 1.807) is 18.2 Å². The molecule has 1 aromatic carbocycles. The van der Waals surface area contributed by atoms with Gasteiger partial charge >= 0.3 is 6.03 Å². The zero-order chi connectivity index (χ0) is 15.7. The molecule has 1 aromatic rings. The van der Waals surface area contributed by atoms with Crippen LogP contribution >= 0.6 is 23.2 Å². The fourth-order valence-corrected chi connectivity index (χ4v) is 3.56. The number of nitrogens with zero attached hydrogens (tertiary/aromatic N) is 2. The van der Waals surface area contributed by atoms with Crippen molar-refractivity contribution in [3.8, 4) is 0 Å². The Bertz CT molecular complexity index is 600. The molecular weight excluding hydrogens is 323 g/mol. The highest BCUT2D eigenvalue weighted by atomic mass is 35.5. The van der Waals surface area contributed by atoms with Crippen molar-refractivity contribution >= 4 is 40.8 Å². The van der Waals surface area contributed by atoms with E-state index in [2.05, 4.69) is 0 Å². The van der Waals surface area contributed by atoms with Crippen molar-refractivity contribution in [3.05, 3.63) is 28.2 Å². The number of anilines is 1. The van der Waals surface area contributed by atoms with Gasteiger partial charge < -0.3 is 4.90 Å². The summed E-state index contributed by atoms with van der Waals surface area (Å²) >= 11 is 11.9. The van der Waals surface area contributed by atoms with Gasteiger partial charge in [0, 0.05) is 19.0 Å². The first-order valence-corrected chi connectivity index (χ1v) is 8.42. The molecule has 22 heavy (non-hydrogen) atoms. The first kappa shape index (κ1) is 15.6. The van der Waals surface area contributed by atoms with Gasteiger partial charge in [0.1, 0.15) is 0 Å². The molecule has 2 fully saturated rings. The highest BCUT2D eigenvalue weighted by Gasteiger charge is 2.37. The molecule has 0 bridgehead atoms. The summed E-state index contributed by atoms with van der Waals surface area (Å²) in [6.07, 6.45) is 5.92. The Labute approximate surface area is 140 Å². The minimum Gasteiger partial charge on any atom is -0.320 e. The molecule has 0 radical (unpaired) electrons. The van der Waals surface area contributed by atoms with Crippen molar-refractivity contribution in [1.29, 1.82) is 0 Å². The second kappa shape index (κ2) is 6.47. The molecule has 0 aromatic heterocycles. The number of halogens is 2. The molecule has 1 heterocycles. The molecule has 3 amide bonds. The smallest absolute Gasteiger partial charge is 0.320 e. The first-order valence-electron chi connectivity index (χ1n) is 7.66. The lowest BCUT2D eigenvalue weighted by Gasteiger charge is -2.40. The molecule has 0 unspecified atom stereocenters. The molecule has 0 N–H and O–H groups in total. The Balaban J connectivity index is 1.86. The van der Waals surface area contributed by atoms with E-state index in [9.17, 15) is 9.59 Å². The molecule has 6 heteroatoms. The van der Waals surface area contributed by atoms with E-state index in [-0.39, 0.29) is 18.0 Å². The summed E-state index contributed by atoms with van der Waals surface area (Å²) < 4.78 is 0. The third-order valence-corrected chi connectivity index (χ3v) is 5.17. The number of rotatable bonds is 2. The second-order valence-corrected chi connectivity index (χ2v) is 6.66. The number of amides is 3. The lowest BCUT2D eigenvalue weighted by atomic mass is 9.94. The van der Waals surface area contributed by atoms with Crippen LogP contribution in [0.15, 0.2) is 18.2 Å². The average molecular weight is 341 g/mol. The van der Waals surface area contributed by atoms with Crippen molar-refractivity contribution < 1.29 is 9.59 Å². The van der Waals surface area contributed by atoms with Gasteiger partial charge in [-0.3, -0.25) is 4.79 Å². The summed E-state index contributed by atoms with van der Waals surface area (Å²) in [6, 6.07) is 4.86. The Morgan fingerprint density at radius 2 is 1.73 bits per heavy atom. The molecule has 1 saturated heterocycles. The van der Waals surface area contributed by atoms with Crippen molar-refractivity contribution in [2.24, 2.45) is 0 Å². The maximum absolute atomic E-state index is 12.8. The number of carbonyl (C=O) groups is 2. The third-order valence-electron chi connectivity index (χ3n) is 4.43. The predicted molar refractivity (Wildman–Crippen MR) is 87.5 cm³/mol. The second-order valence-electron chi connectivity index (χ2n) is 5.85. The van der Waals surface area contributed by atoms with Crippen LogP contribution in [0.3, 0.4) is 0 Å². The summed E-state index contributed by atoms with van der Waals surface area (Å²) in [7, 11) is 0. The summed E-state index contributed by atoms with van der Waals surface area (Å²) in [5.74, 6) is -0.185. The van der Waals surface area contributed by atoms with Crippen LogP contribution in [0.25, 0.3) is 0 Å². The Kier molecular flexibility index (Phi) is 4.59. The number of benzene rings is 1. The molecule has 0 atom stereocenters. The van der Waals surface area contributed by atoms with E-state index in [1.165, 1.54) is 11.3 Å². The minimum atomic E-state index is -0.235. The minimum absolute atomic E-state index is 0.185. The van der Waals surface area contributed by atoms with Gasteiger partial charge in [-0.15, -0.1) is 0 Å². The molecule has 1 aliphatic carbocycles. The van der Waals surface area contributed by atoms with Gasteiger partial charge in [-0.1, -0.05) is 42.5 Å². The van der Waals surface area contributed by atoms with Crippen molar-refractivity contribution in [3.63, 3.8) is 0 Å². The normalized spacial score (nSPS) is 20.6. The topological polar surface area (TPSA) is 40.6 Å². The lowest BCUT2D eigenvalue weighted by Crippen LogP contribution is -2.56. The molecule has 2 aliphatic rings. The van der Waals surface area contributed by atoms with E-state index in [0.29, 0.717) is 28.7 Å². The Morgan fingerprint density at radius 3 is 2.41 bits per heavy atom. The van der Waals surface area contributed by atoms with Crippen LogP contribution in [0, 0.1) is 0 Å². The fraction of sp³-hybridized carbons (Fsp3) is 0.500. The zero-order valence-electron chi connectivity index (χ0n) is 12.2. The van der Waals surface area contributed by atoms with Crippen LogP contribution < -0.4 is 4.90 Å². The maximum Gasteiger partial charge on any atom is 0.331 e. The van der Waals surface area contributed by atoms with Crippen LogP contribution in [0.1, 0.15) is 38.5 Å². The predicted octanol–water partition coefficient (Wildman–Crippen LogP) is 4.48. The van der Waals surface area contributed by atoms with E-state index in [4.69, 9.17) is 23.2 Å². The summed E-state index contributed by atoms with van der Waals surface area (Å²) in [6.45, 7) is 0.514. The van der Waals surface area contributed by atoms with Gasteiger partial charge in [0.15, 0.2) is 0 Å². The van der Waals surface area contributed by atoms with Crippen LogP contribution in [-0.2, 0) is 4.79 Å². The van der Waals surface area contributed by atoms with Crippen LogP contribution in [0.2, 0.25) is 10.0 Å². The van der Waals surface area contributed by atoms with Gasteiger partial charge in [0.2, 0.25) is 5.91 Å². The number of hydrogen-bond acceptors (Lipinski definition) is 2. The lowest BCUT2D eigenvalue weighted by molar-refractivity contribution is -0.119. The highest BCUT2D eigenvalue weighted by Crippen LogP contribution is 2.31. The highest BCUT2D eigenvalue weighted by molar-refractivity contribution is 6.42. The molecule has 1 aliphatic heterocycles. The molecule has 4 nitrogen and oxygen atoms in total. The van der Waals surface area contributed by atoms with Gasteiger partial charge in [-0.25, -0.2) is 9.69 Å². The van der Waals surface area contributed by atoms with Crippen LogP contribution in [0.4, 0.5) is 10.5 Å². The SMILES string of the molecule is O=C1CCN(C2CCCCC2)C(=O)N1c1ccc(Cl)c(Cl)c1. The third kappa shape index (κ3) is 2.95. The summed E-state index contributed by atoms with van der Waals surface area (Å²) in [5, 5.41) is 0.751. The molecule has 1 saturated carbocycles. The number of imide groups is 1. The quantitative estimate of drug-likeness (QED) is 0.795. The summed E-state index contributed by atoms with van der Waals surface area (Å²) in [4.78, 5) is 28.1. The van der Waals surface area contributed by atoms with Crippen molar-refractivity contribution in [1.82, 2.24) is 4.90 Å². The number of carbonyl (C=O) groups excluding carboxylic acids is 2.